The summed E-state index contributed by atoms with van der Waals surface area (Å²) in [6.07, 6.45) is 1.82. The number of carbonyl (C=O) groups is 2. The molecule has 0 bridgehead atoms. The molecule has 0 aliphatic carbocycles. The van der Waals surface area contributed by atoms with Gasteiger partial charge in [0.05, 0.1) is 17.5 Å². The van der Waals surface area contributed by atoms with E-state index in [1.807, 2.05) is 16.7 Å². The summed E-state index contributed by atoms with van der Waals surface area (Å²) in [5, 5.41) is 12.6. The molecule has 1 spiro atoms. The quantitative estimate of drug-likeness (QED) is 0.577. The summed E-state index contributed by atoms with van der Waals surface area (Å²) in [5.41, 5.74) is 5.68. The molecular formula is C15H26N4O3S2. The molecule has 3 atom stereocenters. The number of hydrogen-bond donors (Lipinski definition) is 3. The third-order valence-corrected chi connectivity index (χ3v) is 7.31. The third-order valence-electron chi connectivity index (χ3n) is 4.86. The molecule has 0 aromatic rings. The van der Waals surface area contributed by atoms with Crippen LogP contribution in [0.25, 0.3) is 0 Å². The van der Waals surface area contributed by atoms with Crippen molar-refractivity contribution in [3.05, 3.63) is 0 Å². The van der Waals surface area contributed by atoms with Gasteiger partial charge in [-0.05, 0) is 12.8 Å². The predicted octanol–water partition coefficient (Wildman–Crippen LogP) is -1.09. The van der Waals surface area contributed by atoms with E-state index in [9.17, 15) is 9.59 Å². The van der Waals surface area contributed by atoms with Crippen LogP contribution in [-0.4, -0.2) is 93.7 Å². The number of likely N-dealkylation sites (tertiary alicyclic amines) is 1. The molecule has 136 valence electrons. The Balaban J connectivity index is 1.60. The molecule has 1 unspecified atom stereocenters. The summed E-state index contributed by atoms with van der Waals surface area (Å²) in [7, 11) is 0. The smallest absolute Gasteiger partial charge is 0.241 e. The van der Waals surface area contributed by atoms with Crippen LogP contribution in [0.15, 0.2) is 0 Å². The van der Waals surface area contributed by atoms with E-state index in [-0.39, 0.29) is 29.3 Å². The Morgan fingerprint density at radius 2 is 2.04 bits per heavy atom. The number of aliphatic hydroxyl groups excluding tert-OH is 1. The number of carbonyl (C=O) groups excluding carboxylic acids is 2. The van der Waals surface area contributed by atoms with Gasteiger partial charge < -0.3 is 20.6 Å². The van der Waals surface area contributed by atoms with Gasteiger partial charge in [-0.25, -0.2) is 0 Å². The molecular weight excluding hydrogens is 348 g/mol. The maximum absolute atomic E-state index is 12.7. The lowest BCUT2D eigenvalue weighted by molar-refractivity contribution is -0.135. The summed E-state index contributed by atoms with van der Waals surface area (Å²) in [6.45, 7) is 2.53. The van der Waals surface area contributed by atoms with Crippen LogP contribution in [0, 0.1) is 0 Å². The van der Waals surface area contributed by atoms with Crippen molar-refractivity contribution < 1.29 is 14.7 Å². The zero-order valence-electron chi connectivity index (χ0n) is 13.8. The van der Waals surface area contributed by atoms with Crippen molar-refractivity contribution in [1.82, 2.24) is 15.1 Å². The minimum atomic E-state index is -0.852. The molecule has 3 saturated heterocycles. The van der Waals surface area contributed by atoms with Crippen molar-refractivity contribution in [1.29, 1.82) is 0 Å². The summed E-state index contributed by atoms with van der Waals surface area (Å²) in [4.78, 5) is 28.4. The summed E-state index contributed by atoms with van der Waals surface area (Å²) < 4.78 is 0. The Morgan fingerprint density at radius 3 is 2.75 bits per heavy atom. The van der Waals surface area contributed by atoms with E-state index >= 15 is 0 Å². The molecule has 3 aliphatic rings. The first-order chi connectivity index (χ1) is 11.5. The number of nitrogens with zero attached hydrogens (tertiary/aromatic N) is 2. The van der Waals surface area contributed by atoms with E-state index in [4.69, 9.17) is 10.8 Å². The Hall–Kier alpha value is -0.480. The van der Waals surface area contributed by atoms with Gasteiger partial charge in [-0.15, -0.1) is 11.8 Å². The van der Waals surface area contributed by atoms with Gasteiger partial charge in [0.25, 0.3) is 0 Å². The summed E-state index contributed by atoms with van der Waals surface area (Å²) in [5.74, 6) is 2.75. The Labute approximate surface area is 151 Å². The monoisotopic (exact) mass is 374 g/mol. The normalized spacial score (nSPS) is 32.2. The molecule has 3 aliphatic heterocycles. The fraction of sp³-hybridized carbons (Fsp3) is 0.867. The van der Waals surface area contributed by atoms with E-state index in [0.717, 1.165) is 43.2 Å². The highest BCUT2D eigenvalue weighted by molar-refractivity contribution is 8.01. The highest BCUT2D eigenvalue weighted by Gasteiger charge is 2.46. The van der Waals surface area contributed by atoms with Gasteiger partial charge in [-0.3, -0.25) is 14.9 Å². The molecule has 0 aromatic heterocycles. The number of hydrogen-bond acceptors (Lipinski definition) is 7. The molecule has 3 fully saturated rings. The van der Waals surface area contributed by atoms with Crippen molar-refractivity contribution in [2.75, 3.05) is 50.0 Å². The SMILES string of the molecule is N[C@@H](CO)C(=O)N1CCCC2(C1)N[C@H](C(=O)N1CCSCC1)CS2. The van der Waals surface area contributed by atoms with Gasteiger partial charge in [-0.1, -0.05) is 0 Å². The Morgan fingerprint density at radius 1 is 1.29 bits per heavy atom. The zero-order valence-corrected chi connectivity index (χ0v) is 15.4. The first-order valence-electron chi connectivity index (χ1n) is 8.48. The maximum Gasteiger partial charge on any atom is 0.241 e. The number of nitrogens with two attached hydrogens (primary N) is 1. The van der Waals surface area contributed by atoms with Crippen LogP contribution in [0.3, 0.4) is 0 Å². The second-order valence-corrected chi connectivity index (χ2v) is 9.22. The average molecular weight is 375 g/mol. The lowest BCUT2D eigenvalue weighted by atomic mass is 10.0. The van der Waals surface area contributed by atoms with E-state index in [0.29, 0.717) is 13.1 Å². The van der Waals surface area contributed by atoms with E-state index in [2.05, 4.69) is 5.32 Å². The number of aliphatic hydroxyl groups is 1. The molecule has 7 nitrogen and oxygen atoms in total. The lowest BCUT2D eigenvalue weighted by Crippen LogP contribution is -2.60. The van der Waals surface area contributed by atoms with E-state index < -0.39 is 6.04 Å². The van der Waals surface area contributed by atoms with Crippen molar-refractivity contribution in [3.8, 4) is 0 Å². The summed E-state index contributed by atoms with van der Waals surface area (Å²) >= 11 is 3.64. The second kappa shape index (κ2) is 7.82. The van der Waals surface area contributed by atoms with Crippen LogP contribution in [0.1, 0.15) is 12.8 Å². The highest BCUT2D eigenvalue weighted by atomic mass is 32.2. The lowest BCUT2D eigenvalue weighted by Gasteiger charge is -2.41. The van der Waals surface area contributed by atoms with Gasteiger partial charge in [0.1, 0.15) is 6.04 Å². The molecule has 24 heavy (non-hydrogen) atoms. The van der Waals surface area contributed by atoms with E-state index in [1.54, 1.807) is 16.7 Å². The number of nitrogens with one attached hydrogen (secondary N) is 1. The van der Waals surface area contributed by atoms with Crippen LogP contribution in [0.5, 0.6) is 0 Å². The maximum atomic E-state index is 12.7. The molecule has 0 radical (unpaired) electrons. The van der Waals surface area contributed by atoms with Crippen LogP contribution in [0.2, 0.25) is 0 Å². The summed E-state index contributed by atoms with van der Waals surface area (Å²) in [6, 6.07) is -1.02. The fourth-order valence-electron chi connectivity index (χ4n) is 3.54. The Bertz CT molecular complexity index is 489. The average Bonchev–Trinajstić information content (AvgIpc) is 3.03. The van der Waals surface area contributed by atoms with Gasteiger partial charge in [0.2, 0.25) is 11.8 Å². The third kappa shape index (κ3) is 3.85. The van der Waals surface area contributed by atoms with Gasteiger partial charge in [0, 0.05) is 43.4 Å². The van der Waals surface area contributed by atoms with Crippen molar-refractivity contribution in [2.45, 2.75) is 29.8 Å². The van der Waals surface area contributed by atoms with Crippen molar-refractivity contribution >= 4 is 35.3 Å². The number of amides is 2. The van der Waals surface area contributed by atoms with Crippen LogP contribution in [0.4, 0.5) is 0 Å². The highest BCUT2D eigenvalue weighted by Crippen LogP contribution is 2.38. The van der Waals surface area contributed by atoms with Gasteiger partial charge in [0.15, 0.2) is 0 Å². The minimum Gasteiger partial charge on any atom is -0.394 e. The van der Waals surface area contributed by atoms with Crippen LogP contribution in [-0.2, 0) is 9.59 Å². The predicted molar refractivity (Wildman–Crippen MR) is 96.9 cm³/mol. The standard InChI is InChI=1S/C15H26N4O3S2/c16-11(8-20)13(21)19-3-1-2-15(10-19)17-12(9-24-15)14(22)18-4-6-23-7-5-18/h11-12,17,20H,1-10,16H2/t11-,12-,15?/m0/s1. The topological polar surface area (TPSA) is 98.9 Å². The molecule has 3 rings (SSSR count). The number of thioether (sulfide) groups is 2. The molecule has 3 heterocycles. The number of piperidine rings is 1. The van der Waals surface area contributed by atoms with Gasteiger partial charge >= 0.3 is 0 Å². The molecule has 0 saturated carbocycles. The Kier molecular flexibility index (Phi) is 5.97. The molecule has 4 N–H and O–H groups in total. The van der Waals surface area contributed by atoms with E-state index in [1.165, 1.54) is 0 Å². The molecule has 2 amide bonds. The second-order valence-electron chi connectivity index (χ2n) is 6.59. The largest absolute Gasteiger partial charge is 0.394 e. The van der Waals surface area contributed by atoms with Crippen LogP contribution >= 0.6 is 23.5 Å². The van der Waals surface area contributed by atoms with Crippen molar-refractivity contribution in [3.63, 3.8) is 0 Å². The van der Waals surface area contributed by atoms with Crippen LogP contribution < -0.4 is 11.1 Å². The van der Waals surface area contributed by atoms with Gasteiger partial charge in [-0.2, -0.15) is 11.8 Å². The molecule has 9 heteroatoms. The molecule has 0 aromatic carbocycles. The zero-order chi connectivity index (χ0) is 17.2. The van der Waals surface area contributed by atoms with Crippen molar-refractivity contribution in [2.24, 2.45) is 5.73 Å². The number of rotatable bonds is 3. The fourth-order valence-corrected chi connectivity index (χ4v) is 5.92. The first kappa shape index (κ1) is 18.3. The minimum absolute atomic E-state index is 0.167. The first-order valence-corrected chi connectivity index (χ1v) is 10.6.